The van der Waals surface area contributed by atoms with Gasteiger partial charge in [0.25, 0.3) is 0 Å². The molecule has 2 aromatic carbocycles. The Morgan fingerprint density at radius 3 is 1.71 bits per heavy atom. The third-order valence-electron chi connectivity index (χ3n) is 7.80. The number of halogens is 14. The molecule has 0 aromatic heterocycles. The van der Waals surface area contributed by atoms with Gasteiger partial charge in [0.05, 0.1) is 0 Å². The number of rotatable bonds is 4. The number of alkyl halides is 13. The van der Waals surface area contributed by atoms with Crippen LogP contribution in [0.5, 0.6) is 0 Å². The molecule has 2 saturated heterocycles. The third kappa shape index (κ3) is 4.17. The molecule has 0 unspecified atom stereocenters. The average molecular weight is 726 g/mol. The average Bonchev–Trinajstić information content (AvgIpc) is 3.41. The molecule has 3 aliphatic rings. The maximum atomic E-state index is 14.9. The molecule has 2 fully saturated rings. The van der Waals surface area contributed by atoms with Crippen molar-refractivity contribution in [3.8, 4) is 0 Å². The van der Waals surface area contributed by atoms with Crippen LogP contribution in [0.15, 0.2) is 48.5 Å². The molecule has 0 radical (unpaired) electrons. The molecule has 250 valence electrons. The van der Waals surface area contributed by atoms with Gasteiger partial charge in [-0.2, -0.15) is 0 Å². The van der Waals surface area contributed by atoms with Crippen LogP contribution in [-0.4, -0.2) is 76.7 Å². The van der Waals surface area contributed by atoms with Gasteiger partial charge in [0.1, 0.15) is 0 Å². The second-order valence-electron chi connectivity index (χ2n) is 10.1. The fraction of sp³-hybridized carbons (Fsp3) is 0.458. The minimum atomic E-state index is -7.49. The van der Waals surface area contributed by atoms with Crippen LogP contribution in [0.1, 0.15) is 15.9 Å². The summed E-state index contributed by atoms with van der Waals surface area (Å²) < 4.78 is 189. The second-order valence-corrected chi connectivity index (χ2v) is 14.5. The monoisotopic (exact) mass is 725 g/mol. The molecule has 5 rings (SSSR count). The van der Waals surface area contributed by atoms with E-state index in [0.29, 0.717) is 9.34 Å². The van der Waals surface area contributed by atoms with E-state index in [1.54, 1.807) is 0 Å². The molecule has 3 heterocycles. The van der Waals surface area contributed by atoms with Crippen LogP contribution in [0.4, 0.5) is 58.4 Å². The van der Waals surface area contributed by atoms with Crippen molar-refractivity contribution in [2.75, 3.05) is 30.2 Å². The Hall–Kier alpha value is -2.24. The van der Waals surface area contributed by atoms with E-state index in [0.717, 1.165) is 42.5 Å². The molecular weight excluding hydrogens is 708 g/mol. The third-order valence-corrected chi connectivity index (χ3v) is 13.2. The molecular formula is C24H18Cl2F12N3O3P. The Labute approximate surface area is 255 Å². The first-order chi connectivity index (χ1) is 20.6. The summed E-state index contributed by atoms with van der Waals surface area (Å²) in [4.78, 5) is 14.1. The molecule has 45 heavy (non-hydrogen) atoms. The molecule has 6 nitrogen and oxygen atoms in total. The van der Waals surface area contributed by atoms with Gasteiger partial charge in [-0.15, -0.1) is 0 Å². The van der Waals surface area contributed by atoms with E-state index >= 15 is 0 Å². The zero-order chi connectivity index (χ0) is 33.7. The predicted molar refractivity (Wildman–Crippen MR) is 136 cm³/mol. The van der Waals surface area contributed by atoms with Crippen LogP contribution in [0.2, 0.25) is 5.02 Å². The number of benzene rings is 2. The summed E-state index contributed by atoms with van der Waals surface area (Å²) in [6, 6.07) is 8.85. The summed E-state index contributed by atoms with van der Waals surface area (Å²) in [7, 11) is -7.43. The van der Waals surface area contributed by atoms with Crippen molar-refractivity contribution in [2.24, 2.45) is 0 Å². The van der Waals surface area contributed by atoms with E-state index < -0.39 is 92.6 Å². The van der Waals surface area contributed by atoms with E-state index in [-0.39, 0.29) is 15.3 Å². The van der Waals surface area contributed by atoms with Gasteiger partial charge in [-0.3, -0.25) is 0 Å². The second kappa shape index (κ2) is 10.1. The Bertz CT molecular complexity index is 1430. The molecule has 3 aliphatic heterocycles. The number of amides is 1. The van der Waals surface area contributed by atoms with Crippen molar-refractivity contribution < 1.29 is 66.5 Å². The molecule has 1 spiro atoms. The maximum absolute atomic E-state index is 14.9. The van der Waals surface area contributed by atoms with Crippen LogP contribution in [-0.2, 0) is 15.6 Å². The number of para-hydroxylation sites is 1. The summed E-state index contributed by atoms with van der Waals surface area (Å²) in [5, 5.41) is 0.0550. The van der Waals surface area contributed by atoms with E-state index in [2.05, 4.69) is 9.05 Å². The van der Waals surface area contributed by atoms with E-state index in [1.165, 1.54) is 6.07 Å². The van der Waals surface area contributed by atoms with Crippen LogP contribution < -0.4 is 4.67 Å². The Kier molecular flexibility index (Phi) is 7.68. The Morgan fingerprint density at radius 2 is 1.24 bits per heavy atom. The predicted octanol–water partition coefficient (Wildman–Crippen LogP) is 8.26. The van der Waals surface area contributed by atoms with Gasteiger partial charge in [-0.1, -0.05) is 0 Å². The van der Waals surface area contributed by atoms with Crippen LogP contribution in [0.25, 0.3) is 0 Å². The van der Waals surface area contributed by atoms with Crippen molar-refractivity contribution >= 4 is 42.3 Å². The van der Waals surface area contributed by atoms with E-state index in [1.807, 2.05) is 0 Å². The van der Waals surface area contributed by atoms with Crippen molar-refractivity contribution in [2.45, 2.75) is 42.5 Å². The fourth-order valence-corrected chi connectivity index (χ4v) is 12.4. The van der Waals surface area contributed by atoms with Gasteiger partial charge >= 0.3 is 255 Å². The van der Waals surface area contributed by atoms with Crippen LogP contribution in [0.3, 0.4) is 0 Å². The summed E-state index contributed by atoms with van der Waals surface area (Å²) in [6.45, 7) is -3.77. The normalized spacial score (nSPS) is 23.5. The van der Waals surface area contributed by atoms with Gasteiger partial charge < -0.3 is 0 Å². The van der Waals surface area contributed by atoms with Gasteiger partial charge in [0, 0.05) is 0 Å². The molecule has 21 heteroatoms. The van der Waals surface area contributed by atoms with Crippen molar-refractivity contribution in [1.82, 2.24) is 9.34 Å². The van der Waals surface area contributed by atoms with Crippen molar-refractivity contribution in [3.63, 3.8) is 0 Å². The zero-order valence-electron chi connectivity index (χ0n) is 22.0. The number of hydrogen-bond acceptors (Lipinski definition) is 5. The Balaban J connectivity index is 2.02. The quantitative estimate of drug-likeness (QED) is 0.181. The minimum absolute atomic E-state index is 0.0117. The fourth-order valence-electron chi connectivity index (χ4n) is 6.07. The van der Waals surface area contributed by atoms with Crippen LogP contribution >= 0.6 is 30.7 Å². The van der Waals surface area contributed by atoms with Gasteiger partial charge in [-0.05, 0) is 0 Å². The summed E-state index contributed by atoms with van der Waals surface area (Å²) in [6.07, 6.45) is -30.0. The molecule has 0 saturated carbocycles. The number of fused-ring (bicyclic) bond motifs is 2. The molecule has 2 aromatic rings. The first-order valence-electron chi connectivity index (χ1n) is 12.5. The molecule has 0 N–H and O–H groups in total. The molecule has 0 bridgehead atoms. The van der Waals surface area contributed by atoms with Gasteiger partial charge in [0.2, 0.25) is 0 Å². The van der Waals surface area contributed by atoms with Gasteiger partial charge in [0.15, 0.2) is 0 Å². The first kappa shape index (κ1) is 34.1. The number of carbonyl (C=O) groups is 1. The summed E-state index contributed by atoms with van der Waals surface area (Å²) >= 11 is 11.6. The topological polar surface area (TPSA) is 45.3 Å². The SMILES string of the molecule is O=C1c2ccccc2N2CCN(CCCl)P23(OC(C(F)(F)F)(C(F)(F)F)C(C(F)(F)F)(C(F)(F)F)O3)N1Cc1ccc(Cl)cc1. The number of hydrogen-bond donors (Lipinski definition) is 0. The molecule has 0 aliphatic carbocycles. The van der Waals surface area contributed by atoms with Crippen molar-refractivity contribution in [3.05, 3.63) is 64.7 Å². The van der Waals surface area contributed by atoms with E-state index in [4.69, 9.17) is 23.2 Å². The zero-order valence-corrected chi connectivity index (χ0v) is 24.4. The first-order valence-corrected chi connectivity index (χ1v) is 15.4. The summed E-state index contributed by atoms with van der Waals surface area (Å²) in [5.41, 5.74) is -15.5. The molecule has 1 amide bonds. The number of nitrogens with zero attached hydrogens (tertiary/aromatic N) is 3. The standard InChI is InChI=1S/C24H18Cl2F12N3O3P/c25-9-10-39-11-12-40-17-4-2-1-3-16(17)18(42)41(13-14-5-7-15(26)8-6-14)45(39,40)43-19(21(27,28)29,22(30,31)32)20(44-45,23(33,34)35)24(36,37)38/h1-8H,9-13H2. The summed E-state index contributed by atoms with van der Waals surface area (Å²) in [5.74, 6) is -2.31. The number of carbonyl (C=O) groups excluding carboxylic acids is 1. The number of anilines is 1. The Morgan fingerprint density at radius 1 is 0.756 bits per heavy atom. The molecule has 0 atom stereocenters. The van der Waals surface area contributed by atoms with Crippen LogP contribution in [0, 0.1) is 0 Å². The van der Waals surface area contributed by atoms with E-state index in [9.17, 15) is 57.5 Å². The van der Waals surface area contributed by atoms with Crippen molar-refractivity contribution in [1.29, 1.82) is 0 Å². The van der Waals surface area contributed by atoms with Gasteiger partial charge in [-0.25, -0.2) is 0 Å².